The van der Waals surface area contributed by atoms with E-state index in [0.717, 1.165) is 11.8 Å². The van der Waals surface area contributed by atoms with E-state index in [1.807, 2.05) is 6.07 Å². The van der Waals surface area contributed by atoms with Crippen LogP contribution in [-0.2, 0) is 16.6 Å². The molecule has 0 saturated carbocycles. The molecular weight excluding hydrogens is 320 g/mol. The molecule has 1 aliphatic rings. The summed E-state index contributed by atoms with van der Waals surface area (Å²) in [5.74, 6) is 0.490. The lowest BCUT2D eigenvalue weighted by atomic mass is 10.1. The lowest BCUT2D eigenvalue weighted by Gasteiger charge is -2.32. The molecule has 1 aromatic heterocycles. The number of pyridine rings is 1. The lowest BCUT2D eigenvalue weighted by Crippen LogP contribution is -2.49. The van der Waals surface area contributed by atoms with Crippen LogP contribution in [0.5, 0.6) is 5.88 Å². The van der Waals surface area contributed by atoms with Gasteiger partial charge in [0, 0.05) is 37.4 Å². The average molecular weight is 342 g/mol. The number of likely N-dealkylation sites (tertiary alicyclic amines) is 1. The highest BCUT2D eigenvalue weighted by atomic mass is 32.2. The molecule has 0 radical (unpaired) electrons. The molecular formula is C14H22N4O4S. The summed E-state index contributed by atoms with van der Waals surface area (Å²) in [5.41, 5.74) is 0.803. The van der Waals surface area contributed by atoms with Gasteiger partial charge in [-0.2, -0.15) is 0 Å². The van der Waals surface area contributed by atoms with E-state index in [1.165, 1.54) is 7.11 Å². The SMILES string of the molecule is COc1ncccc1CNC(=O)N1CCC(NS(C)(=O)=O)CC1. The second-order valence-corrected chi connectivity index (χ2v) is 7.26. The predicted molar refractivity (Wildman–Crippen MR) is 85.6 cm³/mol. The van der Waals surface area contributed by atoms with Crippen LogP contribution in [0.4, 0.5) is 4.79 Å². The van der Waals surface area contributed by atoms with E-state index in [0.29, 0.717) is 38.4 Å². The largest absolute Gasteiger partial charge is 0.481 e. The first-order valence-electron chi connectivity index (χ1n) is 7.37. The zero-order valence-electron chi connectivity index (χ0n) is 13.3. The van der Waals surface area contributed by atoms with Gasteiger partial charge in [-0.3, -0.25) is 0 Å². The van der Waals surface area contributed by atoms with Crippen molar-refractivity contribution in [3.63, 3.8) is 0 Å². The number of piperidine rings is 1. The third-order valence-electron chi connectivity index (χ3n) is 3.64. The number of urea groups is 1. The van der Waals surface area contributed by atoms with E-state index in [9.17, 15) is 13.2 Å². The molecule has 2 amide bonds. The third kappa shape index (κ3) is 5.36. The Balaban J connectivity index is 1.81. The summed E-state index contributed by atoms with van der Waals surface area (Å²) in [6.07, 6.45) is 3.99. The Bertz CT molecular complexity index is 642. The van der Waals surface area contributed by atoms with E-state index in [-0.39, 0.29) is 12.1 Å². The zero-order valence-corrected chi connectivity index (χ0v) is 14.1. The molecule has 0 aromatic carbocycles. The minimum Gasteiger partial charge on any atom is -0.481 e. The van der Waals surface area contributed by atoms with Crippen molar-refractivity contribution in [2.45, 2.75) is 25.4 Å². The summed E-state index contributed by atoms with van der Waals surface area (Å²) in [7, 11) is -1.67. The Kier molecular flexibility index (Phi) is 5.78. The summed E-state index contributed by atoms with van der Waals surface area (Å²) < 4.78 is 30.1. The summed E-state index contributed by atoms with van der Waals surface area (Å²) in [6.45, 7) is 1.36. The Hall–Kier alpha value is -1.87. The van der Waals surface area contributed by atoms with Gasteiger partial charge < -0.3 is 15.0 Å². The molecule has 1 aliphatic heterocycles. The highest BCUT2D eigenvalue weighted by Gasteiger charge is 2.24. The number of nitrogens with zero attached hydrogens (tertiary/aromatic N) is 2. The first-order valence-corrected chi connectivity index (χ1v) is 9.26. The molecule has 9 heteroatoms. The van der Waals surface area contributed by atoms with Crippen LogP contribution in [0.2, 0.25) is 0 Å². The molecule has 1 saturated heterocycles. The molecule has 0 bridgehead atoms. The highest BCUT2D eigenvalue weighted by molar-refractivity contribution is 7.88. The number of aromatic nitrogens is 1. The lowest BCUT2D eigenvalue weighted by molar-refractivity contribution is 0.179. The van der Waals surface area contributed by atoms with Crippen molar-refractivity contribution < 1.29 is 17.9 Å². The maximum absolute atomic E-state index is 12.2. The first-order chi connectivity index (χ1) is 10.9. The molecule has 0 spiro atoms. The van der Waals surface area contributed by atoms with Gasteiger partial charge in [0.15, 0.2) is 0 Å². The highest BCUT2D eigenvalue weighted by Crippen LogP contribution is 2.14. The number of hydrogen-bond acceptors (Lipinski definition) is 5. The topological polar surface area (TPSA) is 101 Å². The van der Waals surface area contributed by atoms with Crippen molar-refractivity contribution in [1.82, 2.24) is 19.9 Å². The fourth-order valence-electron chi connectivity index (χ4n) is 2.53. The maximum Gasteiger partial charge on any atom is 0.317 e. The van der Waals surface area contributed by atoms with Crippen LogP contribution in [0.25, 0.3) is 0 Å². The fraction of sp³-hybridized carbons (Fsp3) is 0.571. The summed E-state index contributed by atoms with van der Waals surface area (Å²) in [4.78, 5) is 17.9. The van der Waals surface area contributed by atoms with Crippen molar-refractivity contribution in [3.05, 3.63) is 23.9 Å². The summed E-state index contributed by atoms with van der Waals surface area (Å²) >= 11 is 0. The van der Waals surface area contributed by atoms with E-state index in [4.69, 9.17) is 4.74 Å². The van der Waals surface area contributed by atoms with Crippen molar-refractivity contribution in [1.29, 1.82) is 0 Å². The van der Waals surface area contributed by atoms with E-state index in [2.05, 4.69) is 15.0 Å². The van der Waals surface area contributed by atoms with Crippen LogP contribution in [0.15, 0.2) is 18.3 Å². The van der Waals surface area contributed by atoms with Gasteiger partial charge in [0.1, 0.15) is 0 Å². The number of amides is 2. The minimum absolute atomic E-state index is 0.104. The Morgan fingerprint density at radius 2 is 2.13 bits per heavy atom. The van der Waals surface area contributed by atoms with Crippen molar-refractivity contribution >= 4 is 16.1 Å². The predicted octanol–water partition coefficient (Wildman–Crippen LogP) is 0.313. The Morgan fingerprint density at radius 3 is 2.74 bits per heavy atom. The number of carbonyl (C=O) groups excluding carboxylic acids is 1. The maximum atomic E-state index is 12.2. The monoisotopic (exact) mass is 342 g/mol. The fourth-order valence-corrected chi connectivity index (χ4v) is 3.37. The van der Waals surface area contributed by atoms with Gasteiger partial charge >= 0.3 is 6.03 Å². The second-order valence-electron chi connectivity index (χ2n) is 5.48. The van der Waals surface area contributed by atoms with E-state index < -0.39 is 10.0 Å². The van der Waals surface area contributed by atoms with Gasteiger partial charge in [-0.15, -0.1) is 0 Å². The molecule has 1 aromatic rings. The van der Waals surface area contributed by atoms with Gasteiger partial charge in [-0.05, 0) is 18.9 Å². The van der Waals surface area contributed by atoms with Gasteiger partial charge in [-0.1, -0.05) is 6.07 Å². The number of ether oxygens (including phenoxy) is 1. The van der Waals surface area contributed by atoms with Gasteiger partial charge in [0.25, 0.3) is 0 Å². The van der Waals surface area contributed by atoms with Crippen LogP contribution < -0.4 is 14.8 Å². The Labute approximate surface area is 136 Å². The van der Waals surface area contributed by atoms with Crippen LogP contribution >= 0.6 is 0 Å². The minimum atomic E-state index is -3.21. The molecule has 0 unspecified atom stereocenters. The van der Waals surface area contributed by atoms with Crippen LogP contribution in [0, 0.1) is 0 Å². The smallest absolute Gasteiger partial charge is 0.317 e. The third-order valence-corrected chi connectivity index (χ3v) is 4.40. The molecule has 0 aliphatic carbocycles. The summed E-state index contributed by atoms with van der Waals surface area (Å²) in [6, 6.07) is 3.35. The molecule has 2 N–H and O–H groups in total. The number of rotatable bonds is 5. The zero-order chi connectivity index (χ0) is 16.9. The number of nitrogens with one attached hydrogen (secondary N) is 2. The quantitative estimate of drug-likeness (QED) is 0.802. The van der Waals surface area contributed by atoms with Gasteiger partial charge in [0.05, 0.1) is 13.4 Å². The molecule has 0 atom stereocenters. The molecule has 1 fully saturated rings. The van der Waals surface area contributed by atoms with Crippen molar-refractivity contribution in [3.8, 4) is 5.88 Å². The number of methoxy groups -OCH3 is 1. The van der Waals surface area contributed by atoms with Crippen LogP contribution in [-0.4, -0.2) is 56.8 Å². The van der Waals surface area contributed by atoms with Crippen LogP contribution in [0.3, 0.4) is 0 Å². The number of carbonyl (C=O) groups is 1. The summed E-state index contributed by atoms with van der Waals surface area (Å²) in [5, 5.41) is 2.83. The number of hydrogen-bond donors (Lipinski definition) is 2. The Morgan fingerprint density at radius 1 is 1.43 bits per heavy atom. The van der Waals surface area contributed by atoms with Gasteiger partial charge in [0.2, 0.25) is 15.9 Å². The molecule has 2 rings (SSSR count). The van der Waals surface area contributed by atoms with Crippen LogP contribution in [0.1, 0.15) is 18.4 Å². The second kappa shape index (κ2) is 7.60. The normalized spacial score (nSPS) is 16.2. The molecule has 2 heterocycles. The average Bonchev–Trinajstić information content (AvgIpc) is 2.52. The molecule has 128 valence electrons. The molecule has 23 heavy (non-hydrogen) atoms. The first kappa shape index (κ1) is 17.5. The number of sulfonamides is 1. The van der Waals surface area contributed by atoms with Crippen molar-refractivity contribution in [2.24, 2.45) is 0 Å². The van der Waals surface area contributed by atoms with E-state index >= 15 is 0 Å². The van der Waals surface area contributed by atoms with Gasteiger partial charge in [-0.25, -0.2) is 22.9 Å². The van der Waals surface area contributed by atoms with Crippen molar-refractivity contribution in [2.75, 3.05) is 26.5 Å². The van der Waals surface area contributed by atoms with E-state index in [1.54, 1.807) is 17.2 Å². The standard InChI is InChI=1S/C14H22N4O4S/c1-22-13-11(4-3-7-15-13)10-16-14(19)18-8-5-12(6-9-18)17-23(2,20)21/h3-4,7,12,17H,5-6,8-10H2,1-2H3,(H,16,19). The molecule has 8 nitrogen and oxygen atoms in total.